The second-order valence-corrected chi connectivity index (χ2v) is 7.09. The largest absolute Gasteiger partial charge is 0.558 e. The lowest BCUT2D eigenvalue weighted by atomic mass is 9.67. The van der Waals surface area contributed by atoms with Crippen LogP contribution in [0.4, 0.5) is 0 Å². The van der Waals surface area contributed by atoms with Crippen molar-refractivity contribution in [3.05, 3.63) is 36.1 Å². The maximum Gasteiger partial charge on any atom is 0.394 e. The quantitative estimate of drug-likeness (QED) is 0.586. The molecule has 134 valence electrons. The fourth-order valence-corrected chi connectivity index (χ4v) is 3.95. The molecular formula is C17H21BNO6-. The van der Waals surface area contributed by atoms with Crippen LogP contribution in [-0.2, 0) is 16.0 Å². The SMILES string of the molecule is O=C(N[C@@H](Cc1coc2ccccc12)[B-](O)(O)O)[C@@H]1C[C@H]2CC[C@@H]1O2. The van der Waals surface area contributed by atoms with Gasteiger partial charge in [0.15, 0.2) is 0 Å². The second kappa shape index (κ2) is 6.14. The number of hydrogen-bond acceptors (Lipinski definition) is 6. The standard InChI is InChI=1S/C17H21BNO6/c20-17(13-8-11-5-6-15(13)25-11)19-16(18(21,22)23)7-10-9-24-14-4-2-1-3-12(10)14/h1-4,9,11,13,15-16,21-23H,5-8H2,(H,19,20)/q-1/t11-,13-,15+,16+/m1/s1. The van der Waals surface area contributed by atoms with Crippen LogP contribution in [0.25, 0.3) is 11.0 Å². The van der Waals surface area contributed by atoms with Gasteiger partial charge in [-0.1, -0.05) is 18.2 Å². The summed E-state index contributed by atoms with van der Waals surface area (Å²) in [6.07, 6.45) is 4.00. The average molecular weight is 346 g/mol. The molecule has 0 radical (unpaired) electrons. The Hall–Kier alpha value is -1.87. The summed E-state index contributed by atoms with van der Waals surface area (Å²) >= 11 is 0. The number of furan rings is 1. The van der Waals surface area contributed by atoms with E-state index in [1.54, 1.807) is 6.07 Å². The van der Waals surface area contributed by atoms with Crippen molar-refractivity contribution in [3.8, 4) is 0 Å². The zero-order valence-corrected chi connectivity index (χ0v) is 13.7. The molecule has 1 amide bonds. The lowest BCUT2D eigenvalue weighted by Gasteiger charge is -2.34. The lowest BCUT2D eigenvalue weighted by Crippen LogP contribution is -2.60. The molecule has 0 spiro atoms. The molecule has 2 aromatic rings. The molecule has 25 heavy (non-hydrogen) atoms. The molecule has 3 heterocycles. The van der Waals surface area contributed by atoms with E-state index in [1.807, 2.05) is 18.2 Å². The monoisotopic (exact) mass is 346 g/mol. The number of ether oxygens (including phenoxy) is 1. The van der Waals surface area contributed by atoms with E-state index in [0.717, 1.165) is 18.2 Å². The smallest absolute Gasteiger partial charge is 0.394 e. The number of benzene rings is 1. The van der Waals surface area contributed by atoms with Crippen LogP contribution in [0.5, 0.6) is 0 Å². The van der Waals surface area contributed by atoms with Crippen LogP contribution in [0.15, 0.2) is 34.9 Å². The van der Waals surface area contributed by atoms with Crippen molar-refractivity contribution in [2.75, 3.05) is 0 Å². The number of rotatable bonds is 5. The van der Waals surface area contributed by atoms with Gasteiger partial charge in [0.05, 0.1) is 24.4 Å². The Balaban J connectivity index is 1.51. The Bertz CT molecular complexity index is 785. The van der Waals surface area contributed by atoms with Crippen molar-refractivity contribution >= 4 is 23.6 Å². The van der Waals surface area contributed by atoms with Crippen LogP contribution in [0.1, 0.15) is 24.8 Å². The molecule has 2 aliphatic rings. The summed E-state index contributed by atoms with van der Waals surface area (Å²) in [5.74, 6) is -1.83. The normalized spacial score (nSPS) is 26.9. The van der Waals surface area contributed by atoms with Gasteiger partial charge < -0.3 is 29.5 Å². The van der Waals surface area contributed by atoms with Crippen LogP contribution in [0, 0.1) is 5.92 Å². The molecule has 0 unspecified atom stereocenters. The number of carbonyl (C=O) groups excluding carboxylic acids is 1. The molecule has 2 saturated heterocycles. The summed E-state index contributed by atoms with van der Waals surface area (Å²) < 4.78 is 11.1. The first-order valence-electron chi connectivity index (χ1n) is 8.64. The summed E-state index contributed by atoms with van der Waals surface area (Å²) in [6.45, 7) is -3.73. The molecule has 0 saturated carbocycles. The molecule has 8 heteroatoms. The van der Waals surface area contributed by atoms with Gasteiger partial charge >= 0.3 is 6.75 Å². The van der Waals surface area contributed by atoms with Crippen molar-refractivity contribution in [2.24, 2.45) is 5.92 Å². The van der Waals surface area contributed by atoms with Crippen LogP contribution in [0.3, 0.4) is 0 Å². The first-order valence-corrected chi connectivity index (χ1v) is 8.64. The molecule has 1 aromatic heterocycles. The molecule has 4 N–H and O–H groups in total. The van der Waals surface area contributed by atoms with Crippen molar-refractivity contribution in [3.63, 3.8) is 0 Å². The number of hydrogen-bond donors (Lipinski definition) is 4. The van der Waals surface area contributed by atoms with Crippen molar-refractivity contribution in [1.29, 1.82) is 0 Å². The van der Waals surface area contributed by atoms with E-state index < -0.39 is 12.7 Å². The number of para-hydroxylation sites is 1. The molecule has 2 bridgehead atoms. The highest BCUT2D eigenvalue weighted by Crippen LogP contribution is 2.39. The zero-order chi connectivity index (χ0) is 17.6. The van der Waals surface area contributed by atoms with E-state index in [-0.39, 0.29) is 30.5 Å². The Morgan fingerprint density at radius 3 is 2.76 bits per heavy atom. The van der Waals surface area contributed by atoms with E-state index >= 15 is 0 Å². The molecule has 4 rings (SSSR count). The minimum absolute atomic E-state index is 0.0495. The lowest BCUT2D eigenvalue weighted by molar-refractivity contribution is -0.127. The molecule has 2 aliphatic heterocycles. The van der Waals surface area contributed by atoms with Crippen LogP contribution < -0.4 is 5.32 Å². The Morgan fingerprint density at radius 2 is 2.08 bits per heavy atom. The van der Waals surface area contributed by atoms with Gasteiger partial charge in [-0.15, -0.1) is 0 Å². The summed E-state index contributed by atoms with van der Waals surface area (Å²) in [5, 5.41) is 32.7. The predicted molar refractivity (Wildman–Crippen MR) is 90.3 cm³/mol. The molecule has 2 fully saturated rings. The zero-order valence-electron chi connectivity index (χ0n) is 13.7. The van der Waals surface area contributed by atoms with Gasteiger partial charge in [-0.05, 0) is 43.3 Å². The highest BCUT2D eigenvalue weighted by Gasteiger charge is 2.45. The van der Waals surface area contributed by atoms with Gasteiger partial charge in [0.1, 0.15) is 5.58 Å². The van der Waals surface area contributed by atoms with Crippen molar-refractivity contribution < 1.29 is 29.0 Å². The molecular weight excluding hydrogens is 325 g/mol. The van der Waals surface area contributed by atoms with E-state index in [0.29, 0.717) is 17.6 Å². The number of carbonyl (C=O) groups is 1. The van der Waals surface area contributed by atoms with E-state index in [4.69, 9.17) is 9.15 Å². The van der Waals surface area contributed by atoms with Gasteiger partial charge in [-0.25, -0.2) is 0 Å². The number of nitrogens with one attached hydrogen (secondary N) is 1. The number of amides is 1. The van der Waals surface area contributed by atoms with E-state index in [9.17, 15) is 19.9 Å². The topological polar surface area (TPSA) is 112 Å². The van der Waals surface area contributed by atoms with Gasteiger partial charge in [0.2, 0.25) is 5.91 Å². The van der Waals surface area contributed by atoms with Gasteiger partial charge in [0.25, 0.3) is 0 Å². The van der Waals surface area contributed by atoms with Crippen molar-refractivity contribution in [1.82, 2.24) is 5.32 Å². The molecule has 1 aromatic carbocycles. The molecule has 0 aliphatic carbocycles. The summed E-state index contributed by atoms with van der Waals surface area (Å²) in [4.78, 5) is 12.5. The third-order valence-electron chi connectivity index (χ3n) is 5.31. The third kappa shape index (κ3) is 3.18. The summed E-state index contributed by atoms with van der Waals surface area (Å²) in [7, 11) is 0. The summed E-state index contributed by atoms with van der Waals surface area (Å²) in [6, 6.07) is 7.32. The average Bonchev–Trinajstić information content (AvgIpc) is 3.28. The third-order valence-corrected chi connectivity index (χ3v) is 5.31. The maximum atomic E-state index is 12.5. The van der Waals surface area contributed by atoms with E-state index in [2.05, 4.69) is 5.32 Å². The fourth-order valence-electron chi connectivity index (χ4n) is 3.95. The number of fused-ring (bicyclic) bond motifs is 3. The Kier molecular flexibility index (Phi) is 4.07. The van der Waals surface area contributed by atoms with Crippen molar-refractivity contribution in [2.45, 2.75) is 43.8 Å². The van der Waals surface area contributed by atoms with Gasteiger partial charge in [-0.2, -0.15) is 0 Å². The molecule has 4 atom stereocenters. The Labute approximate surface area is 144 Å². The van der Waals surface area contributed by atoms with Crippen LogP contribution in [-0.4, -0.2) is 45.9 Å². The minimum Gasteiger partial charge on any atom is -0.558 e. The first kappa shape index (κ1) is 16.6. The maximum absolute atomic E-state index is 12.5. The van der Waals surface area contributed by atoms with Crippen LogP contribution in [0.2, 0.25) is 0 Å². The highest BCUT2D eigenvalue weighted by molar-refractivity contribution is 6.58. The van der Waals surface area contributed by atoms with Gasteiger partial charge in [0, 0.05) is 5.39 Å². The molecule has 7 nitrogen and oxygen atoms in total. The van der Waals surface area contributed by atoms with Crippen LogP contribution >= 0.6 is 0 Å². The summed E-state index contributed by atoms with van der Waals surface area (Å²) in [5.41, 5.74) is 1.35. The minimum atomic E-state index is -3.73. The van der Waals surface area contributed by atoms with Gasteiger partial charge in [-0.3, -0.25) is 4.79 Å². The fraction of sp³-hybridized carbons (Fsp3) is 0.471. The second-order valence-electron chi connectivity index (χ2n) is 7.09. The first-order chi connectivity index (χ1) is 11.9. The predicted octanol–water partition coefficient (Wildman–Crippen LogP) is 0.483. The highest BCUT2D eigenvalue weighted by atomic mass is 16.5. The van der Waals surface area contributed by atoms with E-state index in [1.165, 1.54) is 6.26 Å². The Morgan fingerprint density at radius 1 is 1.28 bits per heavy atom.